The molecule has 1 N–H and O–H groups in total. The van der Waals surface area contributed by atoms with Crippen molar-refractivity contribution in [1.82, 2.24) is 10.3 Å². The van der Waals surface area contributed by atoms with Gasteiger partial charge in [-0.3, -0.25) is 0 Å². The van der Waals surface area contributed by atoms with Crippen LogP contribution in [0.4, 0.5) is 0 Å². The van der Waals surface area contributed by atoms with Crippen LogP contribution in [-0.2, 0) is 17.7 Å². The van der Waals surface area contributed by atoms with E-state index < -0.39 is 0 Å². The highest BCUT2D eigenvalue weighted by Gasteiger charge is 2.30. The molecule has 0 aliphatic heterocycles. The minimum absolute atomic E-state index is 0.0749. The second-order valence-corrected chi connectivity index (χ2v) is 7.67. The number of aryl methyl sites for hydroxylation is 1. The van der Waals surface area contributed by atoms with Gasteiger partial charge in [0.05, 0.1) is 5.69 Å². The van der Waals surface area contributed by atoms with Crippen molar-refractivity contribution in [2.45, 2.75) is 73.5 Å². The first-order valence-corrected chi connectivity index (χ1v) is 9.06. The largest absolute Gasteiger partial charge is 0.371 e. The smallest absolute Gasteiger partial charge is 0.123 e. The molecule has 0 bridgehead atoms. The maximum absolute atomic E-state index is 5.99. The minimum atomic E-state index is 0.0749. The van der Waals surface area contributed by atoms with Crippen LogP contribution in [0.5, 0.6) is 0 Å². The number of ether oxygens (including phenoxy) is 1. The predicted molar refractivity (Wildman–Crippen MR) is 91.9 cm³/mol. The molecule has 1 unspecified atom stereocenters. The molecule has 1 aromatic heterocycles. The molecule has 0 saturated carbocycles. The highest BCUT2D eigenvalue weighted by atomic mass is 32.1. The number of rotatable bonds is 9. The van der Waals surface area contributed by atoms with E-state index in [0.29, 0.717) is 0 Å². The number of nitrogens with zero attached hydrogens (tertiary/aromatic N) is 1. The second kappa shape index (κ2) is 8.86. The van der Waals surface area contributed by atoms with Gasteiger partial charge < -0.3 is 10.1 Å². The SMILES string of the molecule is CCCNCc1sc(C(OCC)C(C)(C)C)nc1CCC. The van der Waals surface area contributed by atoms with Gasteiger partial charge in [0.1, 0.15) is 11.1 Å². The molecule has 0 aliphatic carbocycles. The Morgan fingerprint density at radius 3 is 2.43 bits per heavy atom. The molecule has 1 heterocycles. The van der Waals surface area contributed by atoms with Gasteiger partial charge in [0, 0.05) is 18.0 Å². The van der Waals surface area contributed by atoms with E-state index in [2.05, 4.69) is 46.9 Å². The maximum Gasteiger partial charge on any atom is 0.123 e. The third-order valence-corrected chi connectivity index (χ3v) is 4.48. The number of hydrogen-bond donors (Lipinski definition) is 1. The summed E-state index contributed by atoms with van der Waals surface area (Å²) >= 11 is 1.83. The zero-order chi connectivity index (χ0) is 15.9. The number of aromatic nitrogens is 1. The first-order chi connectivity index (χ1) is 9.93. The van der Waals surface area contributed by atoms with E-state index >= 15 is 0 Å². The van der Waals surface area contributed by atoms with Gasteiger partial charge in [0.15, 0.2) is 0 Å². The Hall–Kier alpha value is -0.450. The molecular weight excluding hydrogens is 280 g/mol. The van der Waals surface area contributed by atoms with Crippen LogP contribution in [0.1, 0.15) is 76.1 Å². The van der Waals surface area contributed by atoms with E-state index in [9.17, 15) is 0 Å². The van der Waals surface area contributed by atoms with Crippen LogP contribution >= 0.6 is 11.3 Å². The van der Waals surface area contributed by atoms with Gasteiger partial charge in [0.25, 0.3) is 0 Å². The Morgan fingerprint density at radius 2 is 1.90 bits per heavy atom. The van der Waals surface area contributed by atoms with Gasteiger partial charge in [-0.15, -0.1) is 11.3 Å². The molecule has 3 nitrogen and oxygen atoms in total. The summed E-state index contributed by atoms with van der Waals surface area (Å²) in [6.07, 6.45) is 3.45. The Balaban J connectivity index is 2.97. The van der Waals surface area contributed by atoms with Crippen molar-refractivity contribution in [2.75, 3.05) is 13.2 Å². The fraction of sp³-hybridized carbons (Fsp3) is 0.824. The molecule has 4 heteroatoms. The van der Waals surface area contributed by atoms with E-state index in [-0.39, 0.29) is 11.5 Å². The van der Waals surface area contributed by atoms with Gasteiger partial charge in [-0.2, -0.15) is 0 Å². The van der Waals surface area contributed by atoms with Crippen molar-refractivity contribution in [3.8, 4) is 0 Å². The third-order valence-electron chi connectivity index (χ3n) is 3.34. The van der Waals surface area contributed by atoms with Crippen molar-refractivity contribution in [1.29, 1.82) is 0 Å². The van der Waals surface area contributed by atoms with E-state index in [1.54, 1.807) is 0 Å². The molecule has 0 aromatic carbocycles. The summed E-state index contributed by atoms with van der Waals surface area (Å²) in [4.78, 5) is 6.30. The summed E-state index contributed by atoms with van der Waals surface area (Å²) in [7, 11) is 0. The van der Waals surface area contributed by atoms with Crippen molar-refractivity contribution >= 4 is 11.3 Å². The summed E-state index contributed by atoms with van der Waals surface area (Å²) in [5, 5.41) is 4.64. The van der Waals surface area contributed by atoms with Crippen LogP contribution in [0.25, 0.3) is 0 Å². The van der Waals surface area contributed by atoms with Crippen molar-refractivity contribution < 1.29 is 4.74 Å². The molecule has 0 spiro atoms. The maximum atomic E-state index is 5.99. The predicted octanol–water partition coefficient (Wildman–Crippen LogP) is 4.72. The zero-order valence-electron chi connectivity index (χ0n) is 14.6. The van der Waals surface area contributed by atoms with Crippen molar-refractivity contribution in [3.63, 3.8) is 0 Å². The summed E-state index contributed by atoms with van der Waals surface area (Å²) in [6, 6.07) is 0. The van der Waals surface area contributed by atoms with Crippen LogP contribution in [0.2, 0.25) is 0 Å². The number of hydrogen-bond acceptors (Lipinski definition) is 4. The molecule has 0 amide bonds. The van der Waals surface area contributed by atoms with E-state index in [0.717, 1.165) is 37.5 Å². The Bertz CT molecular complexity index is 409. The average molecular weight is 313 g/mol. The standard InChI is InChI=1S/C17H32N2OS/c1-7-10-13-14(12-18-11-8-2)21-16(19-13)15(20-9-3)17(4,5)6/h15,18H,7-12H2,1-6H3. The van der Waals surface area contributed by atoms with Crippen LogP contribution in [0.15, 0.2) is 0 Å². The summed E-state index contributed by atoms with van der Waals surface area (Å²) in [6.45, 7) is 15.9. The molecule has 1 aromatic rings. The molecule has 0 saturated heterocycles. The van der Waals surface area contributed by atoms with E-state index in [4.69, 9.17) is 9.72 Å². The molecule has 0 aliphatic rings. The Labute approximate surface area is 134 Å². The normalized spacial score (nSPS) is 13.6. The van der Waals surface area contributed by atoms with E-state index in [1.807, 2.05) is 11.3 Å². The molecule has 1 atom stereocenters. The minimum Gasteiger partial charge on any atom is -0.371 e. The fourth-order valence-corrected chi connectivity index (χ4v) is 3.70. The van der Waals surface area contributed by atoms with Crippen molar-refractivity contribution in [2.24, 2.45) is 5.41 Å². The molecule has 1 rings (SSSR count). The van der Waals surface area contributed by atoms with Gasteiger partial charge in [-0.25, -0.2) is 4.98 Å². The van der Waals surface area contributed by atoms with Crippen molar-refractivity contribution in [3.05, 3.63) is 15.6 Å². The lowest BCUT2D eigenvalue weighted by molar-refractivity contribution is -0.0134. The lowest BCUT2D eigenvalue weighted by atomic mass is 9.89. The summed E-state index contributed by atoms with van der Waals surface area (Å²) in [5.74, 6) is 0. The molecule has 0 fully saturated rings. The number of thiazole rings is 1. The number of nitrogens with one attached hydrogen (secondary N) is 1. The van der Waals surface area contributed by atoms with Crippen LogP contribution < -0.4 is 5.32 Å². The van der Waals surface area contributed by atoms with Crippen LogP contribution in [-0.4, -0.2) is 18.1 Å². The topological polar surface area (TPSA) is 34.1 Å². The summed E-state index contributed by atoms with van der Waals surface area (Å²) < 4.78 is 5.99. The first-order valence-electron chi connectivity index (χ1n) is 8.24. The van der Waals surface area contributed by atoms with Gasteiger partial charge in [-0.05, 0) is 31.7 Å². The van der Waals surface area contributed by atoms with Gasteiger partial charge in [0.2, 0.25) is 0 Å². The van der Waals surface area contributed by atoms with Crippen LogP contribution in [0.3, 0.4) is 0 Å². The Kier molecular flexibility index (Phi) is 7.85. The fourth-order valence-electron chi connectivity index (χ4n) is 2.32. The zero-order valence-corrected chi connectivity index (χ0v) is 15.4. The molecule has 0 radical (unpaired) electrons. The van der Waals surface area contributed by atoms with Gasteiger partial charge >= 0.3 is 0 Å². The quantitative estimate of drug-likeness (QED) is 0.670. The Morgan fingerprint density at radius 1 is 1.19 bits per heavy atom. The molecule has 122 valence electrons. The van der Waals surface area contributed by atoms with Gasteiger partial charge in [-0.1, -0.05) is 41.0 Å². The van der Waals surface area contributed by atoms with E-state index in [1.165, 1.54) is 17.0 Å². The summed E-state index contributed by atoms with van der Waals surface area (Å²) in [5.41, 5.74) is 1.33. The highest BCUT2D eigenvalue weighted by molar-refractivity contribution is 7.11. The lowest BCUT2D eigenvalue weighted by Crippen LogP contribution is -2.21. The second-order valence-electron chi connectivity index (χ2n) is 6.55. The molecule has 21 heavy (non-hydrogen) atoms. The highest BCUT2D eigenvalue weighted by Crippen LogP contribution is 2.39. The molecular formula is C17H32N2OS. The first kappa shape index (κ1) is 18.6. The monoisotopic (exact) mass is 312 g/mol. The lowest BCUT2D eigenvalue weighted by Gasteiger charge is -2.28. The third kappa shape index (κ3) is 5.68. The van der Waals surface area contributed by atoms with Crippen LogP contribution in [0, 0.1) is 5.41 Å². The average Bonchev–Trinajstić information content (AvgIpc) is 2.78.